The van der Waals surface area contributed by atoms with Gasteiger partial charge in [-0.2, -0.15) is 16.3 Å². The van der Waals surface area contributed by atoms with E-state index in [0.29, 0.717) is 16.0 Å². The third-order valence-electron chi connectivity index (χ3n) is 3.38. The molecule has 7 heteroatoms. The van der Waals surface area contributed by atoms with E-state index in [1.54, 1.807) is 42.9 Å². The van der Waals surface area contributed by atoms with Crippen molar-refractivity contribution in [1.82, 2.24) is 14.5 Å². The topological polar surface area (TPSA) is 57.0 Å². The molecular weight excluding hydrogens is 330 g/mol. The van der Waals surface area contributed by atoms with Crippen LogP contribution >= 0.6 is 22.7 Å². The Morgan fingerprint density at radius 2 is 2.04 bits per heavy atom. The van der Waals surface area contributed by atoms with E-state index in [-0.39, 0.29) is 11.6 Å². The Bertz CT molecular complexity index is 1020. The minimum Gasteiger partial charge on any atom is -0.425 e. The number of thiophene rings is 2. The van der Waals surface area contributed by atoms with Gasteiger partial charge in [-0.25, -0.2) is 0 Å². The molecule has 0 aliphatic heterocycles. The smallest absolute Gasteiger partial charge is 0.305 e. The Morgan fingerprint density at radius 3 is 2.78 bits per heavy atom. The molecule has 0 fully saturated rings. The Morgan fingerprint density at radius 1 is 1.22 bits per heavy atom. The Hall–Kier alpha value is -2.51. The molecule has 0 atom stereocenters. The molecular formula is C16H11N3O2S2. The average Bonchev–Trinajstić information content (AvgIpc) is 3.22. The predicted molar refractivity (Wildman–Crippen MR) is 92.5 cm³/mol. The molecule has 0 N–H and O–H groups in total. The van der Waals surface area contributed by atoms with E-state index >= 15 is 0 Å². The minimum atomic E-state index is -0.106. The maximum atomic E-state index is 12.6. The number of nitrogens with zero attached hydrogens (tertiary/aromatic N) is 3. The molecule has 23 heavy (non-hydrogen) atoms. The van der Waals surface area contributed by atoms with Gasteiger partial charge in [0.05, 0.1) is 5.52 Å². The van der Waals surface area contributed by atoms with Crippen LogP contribution in [0.5, 0.6) is 11.8 Å². The van der Waals surface area contributed by atoms with E-state index in [4.69, 9.17) is 4.74 Å². The quantitative estimate of drug-likeness (QED) is 0.567. The van der Waals surface area contributed by atoms with E-state index < -0.39 is 0 Å². The average molecular weight is 341 g/mol. The molecule has 0 amide bonds. The largest absolute Gasteiger partial charge is 0.425 e. The number of aromatic nitrogens is 3. The first-order valence-corrected chi connectivity index (χ1v) is 8.59. The van der Waals surface area contributed by atoms with E-state index in [9.17, 15) is 4.79 Å². The van der Waals surface area contributed by atoms with Crippen molar-refractivity contribution in [2.75, 3.05) is 0 Å². The van der Waals surface area contributed by atoms with Crippen molar-refractivity contribution in [3.05, 3.63) is 57.8 Å². The van der Waals surface area contributed by atoms with Gasteiger partial charge in [0, 0.05) is 29.9 Å². The summed E-state index contributed by atoms with van der Waals surface area (Å²) >= 11 is 3.09. The van der Waals surface area contributed by atoms with Crippen molar-refractivity contribution < 1.29 is 4.74 Å². The van der Waals surface area contributed by atoms with Crippen LogP contribution in [-0.2, 0) is 7.05 Å². The van der Waals surface area contributed by atoms with E-state index in [1.807, 2.05) is 17.5 Å². The van der Waals surface area contributed by atoms with Crippen molar-refractivity contribution in [1.29, 1.82) is 0 Å². The summed E-state index contributed by atoms with van der Waals surface area (Å²) in [5, 5.41) is 4.08. The zero-order valence-corrected chi connectivity index (χ0v) is 13.7. The fourth-order valence-corrected chi connectivity index (χ4v) is 3.98. The first kappa shape index (κ1) is 14.1. The highest BCUT2D eigenvalue weighted by Crippen LogP contribution is 2.33. The number of hydrogen-bond donors (Lipinski definition) is 0. The highest BCUT2D eigenvalue weighted by atomic mass is 32.1. The lowest BCUT2D eigenvalue weighted by atomic mass is 10.3. The highest BCUT2D eigenvalue weighted by molar-refractivity contribution is 7.22. The lowest BCUT2D eigenvalue weighted by Gasteiger charge is -2.08. The number of hydrogen-bond acceptors (Lipinski definition) is 6. The summed E-state index contributed by atoms with van der Waals surface area (Å²) < 4.78 is 7.78. The monoisotopic (exact) mass is 341 g/mol. The van der Waals surface area contributed by atoms with E-state index in [1.165, 1.54) is 15.9 Å². The zero-order chi connectivity index (χ0) is 15.8. The van der Waals surface area contributed by atoms with Crippen LogP contribution < -0.4 is 10.3 Å². The van der Waals surface area contributed by atoms with Crippen LogP contribution in [0.4, 0.5) is 0 Å². The van der Waals surface area contributed by atoms with Crippen molar-refractivity contribution in [3.63, 3.8) is 0 Å². The van der Waals surface area contributed by atoms with Crippen molar-refractivity contribution in [3.8, 4) is 22.2 Å². The number of ether oxygens (including phenoxy) is 1. The summed E-state index contributed by atoms with van der Waals surface area (Å²) in [6.07, 6.45) is 3.26. The highest BCUT2D eigenvalue weighted by Gasteiger charge is 2.14. The molecule has 5 nitrogen and oxygen atoms in total. The van der Waals surface area contributed by atoms with Gasteiger partial charge in [-0.05, 0) is 35.0 Å². The molecule has 0 bridgehead atoms. The summed E-state index contributed by atoms with van der Waals surface area (Å²) in [7, 11) is 1.66. The van der Waals surface area contributed by atoms with Gasteiger partial charge >= 0.3 is 6.01 Å². The van der Waals surface area contributed by atoms with Crippen LogP contribution in [-0.4, -0.2) is 14.5 Å². The molecule has 0 unspecified atom stereocenters. The van der Waals surface area contributed by atoms with Gasteiger partial charge < -0.3 is 4.74 Å². The van der Waals surface area contributed by atoms with Gasteiger partial charge in [-0.3, -0.25) is 14.3 Å². The number of pyridine rings is 1. The second-order valence-electron chi connectivity index (χ2n) is 4.88. The summed E-state index contributed by atoms with van der Waals surface area (Å²) in [5.74, 6) is 0.593. The summed E-state index contributed by atoms with van der Waals surface area (Å²) in [4.78, 5) is 22.0. The van der Waals surface area contributed by atoms with Crippen molar-refractivity contribution >= 4 is 32.9 Å². The zero-order valence-electron chi connectivity index (χ0n) is 12.1. The van der Waals surface area contributed by atoms with Crippen LogP contribution in [0, 0.1) is 0 Å². The predicted octanol–water partition coefficient (Wildman–Crippen LogP) is 3.91. The molecule has 0 spiro atoms. The molecule has 0 aliphatic carbocycles. The van der Waals surface area contributed by atoms with Gasteiger partial charge in [0.2, 0.25) is 0 Å². The minimum absolute atomic E-state index is 0.106. The summed E-state index contributed by atoms with van der Waals surface area (Å²) in [6.45, 7) is 0. The maximum absolute atomic E-state index is 12.6. The molecule has 4 heterocycles. The van der Waals surface area contributed by atoms with Crippen LogP contribution in [0.25, 0.3) is 20.7 Å². The molecule has 4 rings (SSSR count). The summed E-state index contributed by atoms with van der Waals surface area (Å²) in [6, 6.07) is 7.68. The second-order valence-corrected chi connectivity index (χ2v) is 6.71. The van der Waals surface area contributed by atoms with Crippen LogP contribution in [0.3, 0.4) is 0 Å². The molecule has 114 valence electrons. The number of fused-ring (bicyclic) bond motifs is 1. The normalized spacial score (nSPS) is 11.0. The van der Waals surface area contributed by atoms with Gasteiger partial charge in [0.25, 0.3) is 5.56 Å². The Kier molecular flexibility index (Phi) is 3.44. The second kappa shape index (κ2) is 5.60. The molecule has 0 aromatic carbocycles. The van der Waals surface area contributed by atoms with Crippen molar-refractivity contribution in [2.24, 2.45) is 7.05 Å². The van der Waals surface area contributed by atoms with E-state index in [2.05, 4.69) is 15.3 Å². The van der Waals surface area contributed by atoms with Crippen molar-refractivity contribution in [2.45, 2.75) is 0 Å². The third-order valence-corrected chi connectivity index (χ3v) is 5.22. The molecule has 0 saturated carbocycles. The maximum Gasteiger partial charge on any atom is 0.305 e. The molecule has 0 aliphatic rings. The van der Waals surface area contributed by atoms with Crippen LogP contribution in [0.15, 0.2) is 52.2 Å². The Balaban J connectivity index is 1.84. The van der Waals surface area contributed by atoms with Gasteiger partial charge in [-0.1, -0.05) is 0 Å². The lowest BCUT2D eigenvalue weighted by molar-refractivity contribution is 0.415. The standard InChI is InChI=1S/C16H11N3O2S2/c1-19-15(20)14-12(8-13(23-14)10-4-7-22-9-10)18-16(19)21-11-2-5-17-6-3-11/h2-9H,1H3. The van der Waals surface area contributed by atoms with Gasteiger partial charge in [0.1, 0.15) is 10.4 Å². The van der Waals surface area contributed by atoms with E-state index in [0.717, 1.165) is 10.4 Å². The summed E-state index contributed by atoms with van der Waals surface area (Å²) in [5.41, 5.74) is 1.66. The fraction of sp³-hybridized carbons (Fsp3) is 0.0625. The third kappa shape index (κ3) is 2.54. The SMILES string of the molecule is Cn1c(Oc2ccncc2)nc2cc(-c3ccsc3)sc2c1=O. The molecule has 4 aromatic rings. The first-order valence-electron chi connectivity index (χ1n) is 6.83. The fourth-order valence-electron chi connectivity index (χ4n) is 2.18. The number of rotatable bonds is 3. The molecule has 4 aromatic heterocycles. The Labute approximate surface area is 139 Å². The lowest BCUT2D eigenvalue weighted by Crippen LogP contribution is -2.18. The first-order chi connectivity index (χ1) is 11.2. The van der Waals surface area contributed by atoms with Gasteiger partial charge in [0.15, 0.2) is 0 Å². The van der Waals surface area contributed by atoms with Crippen LogP contribution in [0.2, 0.25) is 0 Å². The van der Waals surface area contributed by atoms with Crippen LogP contribution in [0.1, 0.15) is 0 Å². The molecule has 0 saturated heterocycles. The van der Waals surface area contributed by atoms with Gasteiger partial charge in [-0.15, -0.1) is 11.3 Å². The molecule has 0 radical (unpaired) electrons.